The van der Waals surface area contributed by atoms with Gasteiger partial charge in [-0.15, -0.1) is 11.3 Å². The van der Waals surface area contributed by atoms with Crippen LogP contribution in [0.1, 0.15) is 77.2 Å². The van der Waals surface area contributed by atoms with Gasteiger partial charge in [-0.2, -0.15) is 0 Å². The average molecular weight is 450 g/mol. The molecule has 2 aromatic carbocycles. The van der Waals surface area contributed by atoms with Crippen molar-refractivity contribution in [1.82, 2.24) is 4.98 Å². The predicted octanol–water partition coefficient (Wildman–Crippen LogP) is 8.48. The Kier molecular flexibility index (Phi) is 9.96. The zero-order chi connectivity index (χ0) is 22.6. The second-order valence-corrected chi connectivity index (χ2v) is 9.38. The van der Waals surface area contributed by atoms with E-state index in [9.17, 15) is 4.79 Å². The van der Waals surface area contributed by atoms with Crippen LogP contribution >= 0.6 is 11.3 Å². The number of carbonyl (C=O) groups excluding carboxylic acids is 1. The first-order chi connectivity index (χ1) is 15.7. The Hall–Kier alpha value is -2.46. The van der Waals surface area contributed by atoms with Crippen LogP contribution in [-0.4, -0.2) is 11.0 Å². The van der Waals surface area contributed by atoms with Crippen LogP contribution in [0.4, 0.5) is 0 Å². The van der Waals surface area contributed by atoms with Crippen molar-refractivity contribution in [3.63, 3.8) is 0 Å². The minimum absolute atomic E-state index is 0.154. The molecule has 0 aliphatic heterocycles. The smallest absolute Gasteiger partial charge is 0.311 e. The number of hydrogen-bond acceptors (Lipinski definition) is 4. The molecule has 0 unspecified atom stereocenters. The highest BCUT2D eigenvalue weighted by molar-refractivity contribution is 7.18. The molecular weight excluding hydrogens is 414 g/mol. The topological polar surface area (TPSA) is 39.2 Å². The zero-order valence-corrected chi connectivity index (χ0v) is 20.3. The van der Waals surface area contributed by atoms with Crippen molar-refractivity contribution < 1.29 is 9.53 Å². The normalized spacial score (nSPS) is 10.9. The second kappa shape index (κ2) is 13.2. The van der Waals surface area contributed by atoms with Crippen LogP contribution in [-0.2, 0) is 11.2 Å². The number of ether oxygens (including phenoxy) is 1. The number of thiazole rings is 1. The number of esters is 1. The summed E-state index contributed by atoms with van der Waals surface area (Å²) in [5.41, 5.74) is 3.65. The van der Waals surface area contributed by atoms with Crippen LogP contribution in [0.3, 0.4) is 0 Å². The first-order valence-corrected chi connectivity index (χ1v) is 12.9. The van der Waals surface area contributed by atoms with Crippen LogP contribution < -0.4 is 4.74 Å². The molecule has 0 atom stereocenters. The van der Waals surface area contributed by atoms with Gasteiger partial charge in [0, 0.05) is 18.2 Å². The molecule has 0 amide bonds. The highest BCUT2D eigenvalue weighted by atomic mass is 32.1. The highest BCUT2D eigenvalue weighted by Gasteiger charge is 2.09. The summed E-state index contributed by atoms with van der Waals surface area (Å²) in [6.07, 6.45) is 13.1. The third-order valence-electron chi connectivity index (χ3n) is 5.63. The molecule has 0 aliphatic carbocycles. The van der Waals surface area contributed by atoms with Gasteiger partial charge in [0.05, 0.1) is 4.88 Å². The third-order valence-corrected chi connectivity index (χ3v) is 6.73. The Morgan fingerprint density at radius 2 is 1.47 bits per heavy atom. The van der Waals surface area contributed by atoms with Crippen molar-refractivity contribution in [3.05, 3.63) is 60.3 Å². The molecule has 32 heavy (non-hydrogen) atoms. The Morgan fingerprint density at radius 1 is 0.812 bits per heavy atom. The molecule has 1 aromatic heterocycles. The monoisotopic (exact) mass is 449 g/mol. The van der Waals surface area contributed by atoms with Crippen molar-refractivity contribution in [2.24, 2.45) is 0 Å². The molecule has 3 aromatic rings. The van der Waals surface area contributed by atoms with E-state index in [1.165, 1.54) is 54.5 Å². The minimum atomic E-state index is -0.154. The van der Waals surface area contributed by atoms with E-state index < -0.39 is 0 Å². The van der Waals surface area contributed by atoms with Crippen molar-refractivity contribution in [1.29, 1.82) is 0 Å². The first-order valence-electron chi connectivity index (χ1n) is 12.1. The summed E-state index contributed by atoms with van der Waals surface area (Å²) in [4.78, 5) is 17.8. The Labute approximate surface area is 196 Å². The lowest BCUT2D eigenvalue weighted by atomic mass is 10.0. The minimum Gasteiger partial charge on any atom is -0.427 e. The van der Waals surface area contributed by atoms with Gasteiger partial charge in [0.1, 0.15) is 10.8 Å². The molecule has 3 nitrogen and oxygen atoms in total. The number of aromatic nitrogens is 1. The molecule has 0 saturated heterocycles. The molecular formula is C28H35NO2S. The van der Waals surface area contributed by atoms with Gasteiger partial charge in [-0.1, -0.05) is 76.6 Å². The van der Waals surface area contributed by atoms with Gasteiger partial charge in [0.2, 0.25) is 0 Å². The summed E-state index contributed by atoms with van der Waals surface area (Å²) in [5, 5.41) is 0.973. The lowest BCUT2D eigenvalue weighted by Gasteiger charge is -2.05. The number of rotatable bonds is 13. The lowest BCUT2D eigenvalue weighted by Crippen LogP contribution is -2.07. The number of carbonyl (C=O) groups is 1. The maximum absolute atomic E-state index is 12.0. The fourth-order valence-corrected chi connectivity index (χ4v) is 4.60. The number of aryl methyl sites for hydroxylation is 1. The zero-order valence-electron chi connectivity index (χ0n) is 19.4. The van der Waals surface area contributed by atoms with Crippen molar-refractivity contribution in [2.45, 2.75) is 78.1 Å². The number of unbranched alkanes of at least 4 members (excludes halogenated alkanes) is 6. The van der Waals surface area contributed by atoms with Gasteiger partial charge in [-0.25, -0.2) is 4.98 Å². The Bertz CT molecular complexity index is 944. The summed E-state index contributed by atoms with van der Waals surface area (Å²) in [6, 6.07) is 16.5. The van der Waals surface area contributed by atoms with Crippen molar-refractivity contribution >= 4 is 17.3 Å². The Balaban J connectivity index is 1.54. The molecule has 4 heteroatoms. The van der Waals surface area contributed by atoms with E-state index in [0.717, 1.165) is 29.8 Å². The summed E-state index contributed by atoms with van der Waals surface area (Å²) in [7, 11) is 0. The number of benzene rings is 2. The van der Waals surface area contributed by atoms with Gasteiger partial charge in [-0.05, 0) is 54.7 Å². The average Bonchev–Trinajstić information content (AvgIpc) is 3.31. The SMILES string of the molecule is CCCCCCC(=O)Oc1ccc(-c2ncc(-c3ccc(CCCCCC)cc3)s2)cc1. The van der Waals surface area contributed by atoms with Crippen molar-refractivity contribution in [3.8, 4) is 26.8 Å². The molecule has 170 valence electrons. The fourth-order valence-electron chi connectivity index (χ4n) is 3.68. The van der Waals surface area contributed by atoms with Gasteiger partial charge < -0.3 is 4.74 Å². The third kappa shape index (κ3) is 7.59. The molecule has 0 N–H and O–H groups in total. The molecule has 1 heterocycles. The molecule has 0 radical (unpaired) electrons. The molecule has 0 fully saturated rings. The van der Waals surface area contributed by atoms with E-state index in [1.807, 2.05) is 30.5 Å². The summed E-state index contributed by atoms with van der Waals surface area (Å²) in [5.74, 6) is 0.444. The van der Waals surface area contributed by atoms with Gasteiger partial charge in [0.15, 0.2) is 0 Å². The first kappa shape index (κ1) is 24.2. The van der Waals surface area contributed by atoms with Crippen LogP contribution in [0.5, 0.6) is 5.75 Å². The summed E-state index contributed by atoms with van der Waals surface area (Å²) >= 11 is 1.69. The predicted molar refractivity (Wildman–Crippen MR) is 135 cm³/mol. The van der Waals surface area contributed by atoms with Gasteiger partial charge >= 0.3 is 5.97 Å². The maximum atomic E-state index is 12.0. The molecule has 0 saturated carbocycles. The molecule has 0 aliphatic rings. The van der Waals surface area contributed by atoms with Crippen LogP contribution in [0.15, 0.2) is 54.7 Å². The van der Waals surface area contributed by atoms with Crippen molar-refractivity contribution in [2.75, 3.05) is 0 Å². The quantitative estimate of drug-likeness (QED) is 0.149. The standard InChI is InChI=1S/C28H35NO2S/c1-3-5-7-9-11-22-13-15-23(16-14-22)26-21-29-28(32-26)24-17-19-25(20-18-24)31-27(30)12-10-8-6-4-2/h13-21H,3-12H2,1-2H3. The number of nitrogens with zero attached hydrogens (tertiary/aromatic N) is 1. The molecule has 0 spiro atoms. The van der Waals surface area contributed by atoms with E-state index in [4.69, 9.17) is 4.74 Å². The number of hydrogen-bond donors (Lipinski definition) is 0. The van der Waals surface area contributed by atoms with Crippen LogP contribution in [0.2, 0.25) is 0 Å². The van der Waals surface area contributed by atoms with Gasteiger partial charge in [-0.3, -0.25) is 4.79 Å². The van der Waals surface area contributed by atoms with Crippen LogP contribution in [0.25, 0.3) is 21.0 Å². The van der Waals surface area contributed by atoms with E-state index in [1.54, 1.807) is 11.3 Å². The van der Waals surface area contributed by atoms with Crippen LogP contribution in [0, 0.1) is 0 Å². The van der Waals surface area contributed by atoms with E-state index >= 15 is 0 Å². The summed E-state index contributed by atoms with van der Waals surface area (Å²) < 4.78 is 5.46. The molecule has 3 rings (SSSR count). The summed E-state index contributed by atoms with van der Waals surface area (Å²) in [6.45, 7) is 4.41. The maximum Gasteiger partial charge on any atom is 0.311 e. The largest absolute Gasteiger partial charge is 0.427 e. The molecule has 0 bridgehead atoms. The van der Waals surface area contributed by atoms with E-state index in [0.29, 0.717) is 12.2 Å². The van der Waals surface area contributed by atoms with E-state index in [2.05, 4.69) is 43.1 Å². The lowest BCUT2D eigenvalue weighted by molar-refractivity contribution is -0.134. The fraction of sp³-hybridized carbons (Fsp3) is 0.429. The Morgan fingerprint density at radius 3 is 2.16 bits per heavy atom. The second-order valence-electron chi connectivity index (χ2n) is 8.35. The highest BCUT2D eigenvalue weighted by Crippen LogP contribution is 2.33. The van der Waals surface area contributed by atoms with Gasteiger partial charge in [0.25, 0.3) is 0 Å². The van der Waals surface area contributed by atoms with E-state index in [-0.39, 0.29) is 5.97 Å².